The first-order valence-electron chi connectivity index (χ1n) is 3.51. The van der Waals surface area contributed by atoms with Gasteiger partial charge in [0.05, 0.1) is 18.4 Å². The summed E-state index contributed by atoms with van der Waals surface area (Å²) in [5, 5.41) is 8.43. The van der Waals surface area contributed by atoms with E-state index in [-0.39, 0.29) is 12.4 Å². The first-order valence-corrected chi connectivity index (χ1v) is 3.51. The average Bonchev–Trinajstić information content (AvgIpc) is 2.52. The third kappa shape index (κ3) is 1.97. The Kier molecular flexibility index (Phi) is 3.12. The number of furan rings is 1. The number of aliphatic hydroxyl groups excluding tert-OH is 1. The van der Waals surface area contributed by atoms with Crippen molar-refractivity contribution in [2.45, 2.75) is 6.42 Å². The Labute approximate surface area is 70.0 Å². The number of hydrogen-bond donors (Lipinski definition) is 1. The van der Waals surface area contributed by atoms with Crippen LogP contribution in [-0.4, -0.2) is 18.0 Å². The molecular formula is C9H8O3. The molecule has 62 valence electrons. The maximum Gasteiger partial charge on any atom is 0.186 e. The number of carbonyl (C=O) groups is 1. The quantitative estimate of drug-likeness (QED) is 0.520. The number of carbonyl (C=O) groups excluding carboxylic acids is 1. The minimum absolute atomic E-state index is 0.0290. The van der Waals surface area contributed by atoms with Gasteiger partial charge in [0.2, 0.25) is 0 Å². The lowest BCUT2D eigenvalue weighted by Gasteiger charge is -1.81. The summed E-state index contributed by atoms with van der Waals surface area (Å²) in [6, 6.07) is 1.62. The monoisotopic (exact) mass is 164 g/mol. The summed E-state index contributed by atoms with van der Waals surface area (Å²) in [7, 11) is 0. The van der Waals surface area contributed by atoms with Gasteiger partial charge in [0, 0.05) is 6.42 Å². The molecule has 0 atom stereocenters. The molecule has 0 aliphatic rings. The van der Waals surface area contributed by atoms with Gasteiger partial charge >= 0.3 is 0 Å². The van der Waals surface area contributed by atoms with Gasteiger partial charge in [0.15, 0.2) is 12.0 Å². The van der Waals surface area contributed by atoms with E-state index in [1.54, 1.807) is 6.07 Å². The highest BCUT2D eigenvalue weighted by Crippen LogP contribution is 2.05. The summed E-state index contributed by atoms with van der Waals surface area (Å²) in [5.41, 5.74) is 0.568. The zero-order chi connectivity index (χ0) is 8.81. The van der Waals surface area contributed by atoms with Crippen LogP contribution in [0.25, 0.3) is 0 Å². The van der Waals surface area contributed by atoms with Crippen molar-refractivity contribution in [3.63, 3.8) is 0 Å². The van der Waals surface area contributed by atoms with Crippen molar-refractivity contribution in [3.8, 4) is 11.8 Å². The van der Waals surface area contributed by atoms with E-state index in [2.05, 4.69) is 11.8 Å². The molecule has 3 nitrogen and oxygen atoms in total. The molecular weight excluding hydrogens is 156 g/mol. The highest BCUT2D eigenvalue weighted by Gasteiger charge is 1.99. The summed E-state index contributed by atoms with van der Waals surface area (Å²) < 4.78 is 4.81. The van der Waals surface area contributed by atoms with Crippen molar-refractivity contribution < 1.29 is 14.3 Å². The Morgan fingerprint density at radius 1 is 1.67 bits per heavy atom. The highest BCUT2D eigenvalue weighted by molar-refractivity contribution is 5.75. The summed E-state index contributed by atoms with van der Waals surface area (Å²) in [6.07, 6.45) is 2.43. The first kappa shape index (κ1) is 8.57. The van der Waals surface area contributed by atoms with Gasteiger partial charge in [-0.25, -0.2) is 0 Å². The summed E-state index contributed by atoms with van der Waals surface area (Å²) in [4.78, 5) is 10.3. The molecule has 1 rings (SSSR count). The van der Waals surface area contributed by atoms with Crippen LogP contribution in [0.15, 0.2) is 16.7 Å². The van der Waals surface area contributed by atoms with Crippen molar-refractivity contribution in [3.05, 3.63) is 23.7 Å². The van der Waals surface area contributed by atoms with Crippen molar-refractivity contribution >= 4 is 6.29 Å². The summed E-state index contributed by atoms with van der Waals surface area (Å²) in [5.74, 6) is 5.64. The highest BCUT2D eigenvalue weighted by atomic mass is 16.3. The molecule has 0 amide bonds. The van der Waals surface area contributed by atoms with Crippen molar-refractivity contribution in [2.24, 2.45) is 0 Å². The Hall–Kier alpha value is -1.53. The van der Waals surface area contributed by atoms with Gasteiger partial charge in [0.1, 0.15) is 0 Å². The van der Waals surface area contributed by atoms with E-state index in [9.17, 15) is 4.79 Å². The maximum absolute atomic E-state index is 10.3. The molecule has 0 spiro atoms. The van der Waals surface area contributed by atoms with E-state index in [4.69, 9.17) is 9.52 Å². The molecule has 0 aromatic carbocycles. The fourth-order valence-corrected chi connectivity index (χ4v) is 0.729. The van der Waals surface area contributed by atoms with Crippen LogP contribution in [0, 0.1) is 11.8 Å². The second kappa shape index (κ2) is 4.37. The number of aldehydes is 1. The lowest BCUT2D eigenvalue weighted by Crippen LogP contribution is -1.80. The molecule has 1 aromatic rings. The number of rotatable bonds is 2. The largest absolute Gasteiger partial charge is 0.460 e. The second-order valence-corrected chi connectivity index (χ2v) is 2.09. The molecule has 12 heavy (non-hydrogen) atoms. The van der Waals surface area contributed by atoms with Crippen LogP contribution < -0.4 is 0 Å². The van der Waals surface area contributed by atoms with E-state index >= 15 is 0 Å². The lowest BCUT2D eigenvalue weighted by atomic mass is 10.2. The van der Waals surface area contributed by atoms with Crippen molar-refractivity contribution in [1.82, 2.24) is 0 Å². The van der Waals surface area contributed by atoms with E-state index in [1.807, 2.05) is 0 Å². The predicted octanol–water partition coefficient (Wildman–Crippen LogP) is 0.826. The lowest BCUT2D eigenvalue weighted by molar-refractivity contribution is 0.110. The van der Waals surface area contributed by atoms with Crippen LogP contribution in [0.2, 0.25) is 0 Å². The third-order valence-electron chi connectivity index (χ3n) is 1.26. The summed E-state index contributed by atoms with van der Waals surface area (Å²) in [6.45, 7) is 0.0290. The minimum atomic E-state index is 0.0290. The van der Waals surface area contributed by atoms with E-state index in [0.29, 0.717) is 18.3 Å². The number of aliphatic hydroxyl groups is 1. The van der Waals surface area contributed by atoms with Crippen LogP contribution >= 0.6 is 0 Å². The molecule has 0 radical (unpaired) electrons. The van der Waals surface area contributed by atoms with Crippen LogP contribution in [-0.2, 0) is 0 Å². The molecule has 0 aliphatic carbocycles. The fraction of sp³-hybridized carbons (Fsp3) is 0.222. The van der Waals surface area contributed by atoms with Gasteiger partial charge in [-0.15, -0.1) is 0 Å². The molecule has 1 N–H and O–H groups in total. The molecule has 0 unspecified atom stereocenters. The molecule has 0 saturated carbocycles. The van der Waals surface area contributed by atoms with E-state index in [0.717, 1.165) is 0 Å². The van der Waals surface area contributed by atoms with Crippen LogP contribution in [0.3, 0.4) is 0 Å². The normalized spacial score (nSPS) is 8.75. The zero-order valence-corrected chi connectivity index (χ0v) is 6.41. The molecule has 1 aromatic heterocycles. The number of hydrogen-bond acceptors (Lipinski definition) is 3. The Balaban J connectivity index is 2.76. The van der Waals surface area contributed by atoms with Gasteiger partial charge in [0.25, 0.3) is 0 Å². The molecule has 0 fully saturated rings. The van der Waals surface area contributed by atoms with Crippen LogP contribution in [0.1, 0.15) is 22.5 Å². The molecule has 1 heterocycles. The smallest absolute Gasteiger partial charge is 0.186 e. The predicted molar refractivity (Wildman–Crippen MR) is 42.7 cm³/mol. The fourth-order valence-electron chi connectivity index (χ4n) is 0.729. The van der Waals surface area contributed by atoms with E-state index in [1.165, 1.54) is 6.26 Å². The first-order chi connectivity index (χ1) is 5.88. The van der Waals surface area contributed by atoms with Crippen molar-refractivity contribution in [2.75, 3.05) is 6.61 Å². The van der Waals surface area contributed by atoms with Gasteiger partial charge in [-0.1, -0.05) is 11.8 Å². The summed E-state index contributed by atoms with van der Waals surface area (Å²) >= 11 is 0. The molecule has 3 heteroatoms. The minimum Gasteiger partial charge on any atom is -0.460 e. The van der Waals surface area contributed by atoms with Crippen molar-refractivity contribution in [1.29, 1.82) is 0 Å². The SMILES string of the molecule is O=Cc1occc1C#CCCO. The second-order valence-electron chi connectivity index (χ2n) is 2.09. The standard InChI is InChI=1S/C9H8O3/c10-5-2-1-3-8-4-6-12-9(8)7-11/h4,6-7,10H,2,5H2. The topological polar surface area (TPSA) is 50.4 Å². The Bertz CT molecular complexity index is 314. The maximum atomic E-state index is 10.3. The van der Waals surface area contributed by atoms with Gasteiger partial charge in [-0.3, -0.25) is 4.79 Å². The third-order valence-corrected chi connectivity index (χ3v) is 1.26. The zero-order valence-electron chi connectivity index (χ0n) is 6.41. The van der Waals surface area contributed by atoms with Crippen LogP contribution in [0.4, 0.5) is 0 Å². The van der Waals surface area contributed by atoms with Gasteiger partial charge < -0.3 is 9.52 Å². The Morgan fingerprint density at radius 3 is 3.17 bits per heavy atom. The molecule has 0 saturated heterocycles. The molecule has 0 bridgehead atoms. The van der Waals surface area contributed by atoms with E-state index < -0.39 is 0 Å². The van der Waals surface area contributed by atoms with Gasteiger partial charge in [-0.05, 0) is 6.07 Å². The molecule has 0 aliphatic heterocycles. The van der Waals surface area contributed by atoms with Crippen LogP contribution in [0.5, 0.6) is 0 Å². The van der Waals surface area contributed by atoms with Gasteiger partial charge in [-0.2, -0.15) is 0 Å². The average molecular weight is 164 g/mol. The Morgan fingerprint density at radius 2 is 2.50 bits per heavy atom.